The van der Waals surface area contributed by atoms with Crippen molar-refractivity contribution in [3.05, 3.63) is 150 Å². The van der Waals surface area contributed by atoms with E-state index in [0.29, 0.717) is 64.4 Å². The van der Waals surface area contributed by atoms with Crippen LogP contribution in [0.1, 0.15) is 32.1 Å². The number of rotatable bonds is 0. The number of fused-ring (bicyclic) bond motifs is 2. The van der Waals surface area contributed by atoms with Crippen LogP contribution in [0.3, 0.4) is 0 Å². The van der Waals surface area contributed by atoms with Crippen LogP contribution < -0.4 is 29.6 Å². The standard InChI is InChI=1S/C49H43N3O8S/c53-48-42-2-1-3-43(52-42)49(54)51-31-33-6-14-37(15-7-33)58-25-21-56-23-27-60-39-17-9-35-11-19-45-47(41(35)29-39)46-40-28-38(16-8-34(40)10-18-44(46)61-45)59-26-22-55-20-24-57-36-12-4-32(5-13-36)30-50-48/h1-19,28-29H,20-27,30-31H2,(H,50,53)(H,51,54). The van der Waals surface area contributed by atoms with Gasteiger partial charge >= 0.3 is 0 Å². The first-order valence-electron chi connectivity index (χ1n) is 20.2. The molecular formula is C49H43N3O8S. The lowest BCUT2D eigenvalue weighted by Gasteiger charge is -2.11. The Morgan fingerprint density at radius 1 is 0.443 bits per heavy atom. The maximum atomic E-state index is 12.9. The molecule has 0 saturated carbocycles. The van der Waals surface area contributed by atoms with Gasteiger partial charge in [-0.15, -0.1) is 11.3 Å². The summed E-state index contributed by atoms with van der Waals surface area (Å²) in [5.41, 5.74) is 2.07. The maximum Gasteiger partial charge on any atom is 0.270 e. The SMILES string of the molecule is O=C1NCc2ccc(cc2)OCCOCCOc2ccc3ccc4sc5ccc6ccc(cc6c5c4c3c2)OCCOCCOc2ccc(cc2)CNC(=O)c2cccc1n2. The van der Waals surface area contributed by atoms with E-state index in [1.165, 1.54) is 20.2 Å². The molecule has 11 rings (SSSR count). The molecule has 6 aromatic carbocycles. The Kier molecular flexibility index (Phi) is 12.2. The van der Waals surface area contributed by atoms with Gasteiger partial charge in [-0.1, -0.05) is 54.6 Å². The molecule has 12 heteroatoms. The highest BCUT2D eigenvalue weighted by Crippen LogP contribution is 2.43. The maximum absolute atomic E-state index is 12.9. The van der Waals surface area contributed by atoms with Crippen molar-refractivity contribution in [3.63, 3.8) is 0 Å². The molecule has 0 spiro atoms. The van der Waals surface area contributed by atoms with E-state index in [1.807, 2.05) is 60.7 Å². The number of benzene rings is 6. The van der Waals surface area contributed by atoms with Crippen LogP contribution in [-0.4, -0.2) is 69.7 Å². The molecule has 11 nitrogen and oxygen atoms in total. The summed E-state index contributed by atoms with van der Waals surface area (Å²) in [6, 6.07) is 41.0. The fraction of sp³-hybridized carbons (Fsp3) is 0.204. The molecule has 2 amide bonds. The molecule has 0 atom stereocenters. The van der Waals surface area contributed by atoms with Gasteiger partial charge in [-0.2, -0.15) is 0 Å². The Bertz CT molecular complexity index is 2640. The zero-order valence-electron chi connectivity index (χ0n) is 33.3. The van der Waals surface area contributed by atoms with Crippen LogP contribution in [0.2, 0.25) is 0 Å². The molecule has 8 aromatic rings. The summed E-state index contributed by atoms with van der Waals surface area (Å²) < 4.78 is 38.2. The van der Waals surface area contributed by atoms with Crippen LogP contribution in [0.15, 0.2) is 127 Å². The molecule has 0 fully saturated rings. The molecule has 308 valence electrons. The van der Waals surface area contributed by atoms with E-state index in [4.69, 9.17) is 28.4 Å². The van der Waals surface area contributed by atoms with E-state index < -0.39 is 0 Å². The van der Waals surface area contributed by atoms with Crippen LogP contribution in [0, 0.1) is 0 Å². The molecule has 61 heavy (non-hydrogen) atoms. The Balaban J connectivity index is 0.891. The Hall–Kier alpha value is -6.73. The lowest BCUT2D eigenvalue weighted by atomic mass is 9.99. The highest BCUT2D eigenvalue weighted by atomic mass is 32.1. The highest BCUT2D eigenvalue weighted by Gasteiger charge is 2.15. The van der Waals surface area contributed by atoms with E-state index in [1.54, 1.807) is 29.5 Å². The number of hydrogen-bond donors (Lipinski definition) is 2. The predicted octanol–water partition coefficient (Wildman–Crippen LogP) is 8.88. The van der Waals surface area contributed by atoms with Gasteiger partial charge in [0.1, 0.15) is 60.8 Å². The number of nitrogens with zero attached hydrogens (tertiary/aromatic N) is 1. The quantitative estimate of drug-likeness (QED) is 0.154. The zero-order chi connectivity index (χ0) is 41.4. The number of ether oxygens (including phenoxy) is 6. The van der Waals surface area contributed by atoms with Crippen LogP contribution in [0.5, 0.6) is 23.0 Å². The second kappa shape index (κ2) is 18.7. The number of amides is 2. The van der Waals surface area contributed by atoms with Gasteiger partial charge in [0, 0.05) is 33.3 Å². The van der Waals surface area contributed by atoms with Gasteiger partial charge in [0.15, 0.2) is 0 Å². The highest BCUT2D eigenvalue weighted by molar-refractivity contribution is 7.26. The number of thiophene rings is 1. The van der Waals surface area contributed by atoms with E-state index >= 15 is 0 Å². The zero-order valence-corrected chi connectivity index (χ0v) is 34.1. The first-order chi connectivity index (χ1) is 30.0. The first-order valence-corrected chi connectivity index (χ1v) is 21.1. The Morgan fingerprint density at radius 2 is 0.836 bits per heavy atom. The molecule has 2 aromatic heterocycles. The van der Waals surface area contributed by atoms with Crippen molar-refractivity contribution in [1.82, 2.24) is 15.6 Å². The molecular weight excluding hydrogens is 791 g/mol. The van der Waals surface area contributed by atoms with E-state index in [2.05, 4.69) is 64.1 Å². The van der Waals surface area contributed by atoms with Gasteiger partial charge < -0.3 is 39.1 Å². The van der Waals surface area contributed by atoms with Crippen molar-refractivity contribution < 1.29 is 38.0 Å². The van der Waals surface area contributed by atoms with Crippen molar-refractivity contribution in [1.29, 1.82) is 0 Å². The van der Waals surface area contributed by atoms with Crippen LogP contribution >= 0.6 is 11.3 Å². The second-order valence-corrected chi connectivity index (χ2v) is 15.5. The predicted molar refractivity (Wildman–Crippen MR) is 237 cm³/mol. The van der Waals surface area contributed by atoms with Crippen molar-refractivity contribution in [2.24, 2.45) is 0 Å². The van der Waals surface area contributed by atoms with Crippen molar-refractivity contribution in [2.75, 3.05) is 52.9 Å². The number of hydrogen-bond acceptors (Lipinski definition) is 10. The molecule has 3 aliphatic rings. The van der Waals surface area contributed by atoms with Crippen LogP contribution in [0.4, 0.5) is 0 Å². The topological polar surface area (TPSA) is 126 Å². The summed E-state index contributed by atoms with van der Waals surface area (Å²) >= 11 is 1.79. The summed E-state index contributed by atoms with van der Waals surface area (Å²) in [6.45, 7) is 3.73. The van der Waals surface area contributed by atoms with Crippen molar-refractivity contribution >= 4 is 64.9 Å². The molecule has 10 bridgehead atoms. The second-order valence-electron chi connectivity index (χ2n) is 14.4. The monoisotopic (exact) mass is 833 g/mol. The third-order valence-corrected chi connectivity index (χ3v) is 11.5. The molecule has 0 radical (unpaired) electrons. The minimum Gasteiger partial charge on any atom is -0.491 e. The number of carbonyl (C=O) groups is 2. The Morgan fingerprint density at radius 3 is 1.28 bits per heavy atom. The summed E-state index contributed by atoms with van der Waals surface area (Å²) in [5.74, 6) is 2.18. The number of aromatic nitrogens is 1. The van der Waals surface area contributed by atoms with Gasteiger partial charge in [-0.3, -0.25) is 9.59 Å². The lowest BCUT2D eigenvalue weighted by Crippen LogP contribution is -2.27. The molecule has 0 aliphatic carbocycles. The first kappa shape index (κ1) is 39.7. The third kappa shape index (κ3) is 9.52. The van der Waals surface area contributed by atoms with E-state index in [-0.39, 0.29) is 36.3 Å². The van der Waals surface area contributed by atoms with E-state index in [0.717, 1.165) is 44.2 Å². The summed E-state index contributed by atoms with van der Waals surface area (Å²) in [6.07, 6.45) is 0. The minimum atomic E-state index is -0.384. The van der Waals surface area contributed by atoms with Crippen molar-refractivity contribution in [3.8, 4) is 23.0 Å². The number of nitrogens with one attached hydrogen (secondary N) is 2. The summed E-state index contributed by atoms with van der Waals surface area (Å²) in [5, 5.41) is 12.7. The smallest absolute Gasteiger partial charge is 0.270 e. The fourth-order valence-electron chi connectivity index (χ4n) is 7.26. The number of carbonyl (C=O) groups excluding carboxylic acids is 2. The molecule has 2 N–H and O–H groups in total. The van der Waals surface area contributed by atoms with Crippen molar-refractivity contribution in [2.45, 2.75) is 13.1 Å². The molecule has 0 unspecified atom stereocenters. The largest absolute Gasteiger partial charge is 0.491 e. The van der Waals surface area contributed by atoms with E-state index in [9.17, 15) is 9.59 Å². The van der Waals surface area contributed by atoms with Gasteiger partial charge in [-0.05, 0) is 105 Å². The van der Waals surface area contributed by atoms with Gasteiger partial charge in [0.2, 0.25) is 0 Å². The lowest BCUT2D eigenvalue weighted by molar-refractivity contribution is 0.0764. The number of pyridine rings is 1. The minimum absolute atomic E-state index is 0.149. The third-order valence-electron chi connectivity index (χ3n) is 10.3. The fourth-order valence-corrected chi connectivity index (χ4v) is 8.40. The molecule has 5 heterocycles. The average molecular weight is 834 g/mol. The average Bonchev–Trinajstić information content (AvgIpc) is 3.70. The summed E-state index contributed by atoms with van der Waals surface area (Å²) in [7, 11) is 0. The van der Waals surface area contributed by atoms with Crippen LogP contribution in [0.25, 0.3) is 41.7 Å². The van der Waals surface area contributed by atoms with Gasteiger partial charge in [0.05, 0.1) is 26.4 Å². The molecule has 3 aliphatic heterocycles. The van der Waals surface area contributed by atoms with Gasteiger partial charge in [0.25, 0.3) is 11.8 Å². The normalized spacial score (nSPS) is 15.3. The van der Waals surface area contributed by atoms with Crippen LogP contribution in [-0.2, 0) is 22.6 Å². The Labute approximate surface area is 356 Å². The summed E-state index contributed by atoms with van der Waals surface area (Å²) in [4.78, 5) is 30.2. The molecule has 0 saturated heterocycles. The van der Waals surface area contributed by atoms with Gasteiger partial charge in [-0.25, -0.2) is 4.98 Å².